The van der Waals surface area contributed by atoms with Crippen LogP contribution in [0.15, 0.2) is 21.9 Å². The highest BCUT2D eigenvalue weighted by Crippen LogP contribution is 2.27. The van der Waals surface area contributed by atoms with E-state index in [1.807, 2.05) is 0 Å². The molecule has 1 aromatic rings. The monoisotopic (exact) mass is 262 g/mol. The molecule has 2 unspecified atom stereocenters. The second-order valence-electron chi connectivity index (χ2n) is 3.85. The van der Waals surface area contributed by atoms with Gasteiger partial charge < -0.3 is 20.1 Å². The van der Waals surface area contributed by atoms with Gasteiger partial charge in [-0.05, 0) is 0 Å². The lowest BCUT2D eigenvalue weighted by Crippen LogP contribution is -2.40. The summed E-state index contributed by atoms with van der Waals surface area (Å²) in [6.45, 7) is -0.571. The number of hydrogen-bond donors (Lipinski definition) is 3. The molecule has 2 rings (SSSR count). The Balaban J connectivity index is 2.42. The van der Waals surface area contributed by atoms with Gasteiger partial charge in [0.1, 0.15) is 18.3 Å². The van der Waals surface area contributed by atoms with E-state index >= 15 is 0 Å². The standard InChI is InChI=1S/C9H11FN2O6/c10-12-5(14)1-2-11(9(12)17)8-7(16)6(15)4(3-13)18-8/h1-2,4,6-8,13,15-16H,3H2/t4-,6?,7?,8-/m0/s1. The third-order valence-electron chi connectivity index (χ3n) is 2.75. The number of hydrogen-bond acceptors (Lipinski definition) is 6. The van der Waals surface area contributed by atoms with E-state index < -0.39 is 47.2 Å². The molecule has 1 aliphatic rings. The van der Waals surface area contributed by atoms with Gasteiger partial charge in [0.25, 0.3) is 5.56 Å². The summed E-state index contributed by atoms with van der Waals surface area (Å²) in [4.78, 5) is 21.7. The van der Waals surface area contributed by atoms with Gasteiger partial charge in [0.2, 0.25) is 0 Å². The van der Waals surface area contributed by atoms with Gasteiger partial charge in [0.05, 0.1) is 6.61 Å². The van der Waals surface area contributed by atoms with Gasteiger partial charge in [-0.3, -0.25) is 9.36 Å². The maximum Gasteiger partial charge on any atom is 0.362 e. The van der Waals surface area contributed by atoms with Gasteiger partial charge in [-0.25, -0.2) is 4.79 Å². The van der Waals surface area contributed by atoms with Gasteiger partial charge in [0.15, 0.2) is 6.23 Å². The summed E-state index contributed by atoms with van der Waals surface area (Å²) >= 11 is 0. The van der Waals surface area contributed by atoms with Gasteiger partial charge in [-0.1, -0.05) is 9.27 Å². The van der Waals surface area contributed by atoms with E-state index in [0.717, 1.165) is 12.3 Å². The molecule has 2 heterocycles. The first-order valence-corrected chi connectivity index (χ1v) is 5.10. The van der Waals surface area contributed by atoms with Crippen LogP contribution in [0.1, 0.15) is 6.23 Å². The Morgan fingerprint density at radius 1 is 1.33 bits per heavy atom. The first-order valence-electron chi connectivity index (χ1n) is 5.10. The minimum Gasteiger partial charge on any atom is -0.394 e. The fourth-order valence-corrected chi connectivity index (χ4v) is 1.77. The van der Waals surface area contributed by atoms with Crippen LogP contribution in [-0.4, -0.2) is 49.6 Å². The third kappa shape index (κ3) is 1.86. The topological polar surface area (TPSA) is 114 Å². The van der Waals surface area contributed by atoms with E-state index in [1.165, 1.54) is 0 Å². The van der Waals surface area contributed by atoms with Crippen molar-refractivity contribution in [3.8, 4) is 0 Å². The van der Waals surface area contributed by atoms with Crippen LogP contribution >= 0.6 is 0 Å². The normalized spacial score (nSPS) is 31.8. The molecule has 0 aliphatic carbocycles. The number of aromatic nitrogens is 2. The largest absolute Gasteiger partial charge is 0.394 e. The van der Waals surface area contributed by atoms with Gasteiger partial charge in [-0.2, -0.15) is 0 Å². The molecule has 4 atom stereocenters. The summed E-state index contributed by atoms with van der Waals surface area (Å²) in [6, 6.07) is 0.774. The Morgan fingerprint density at radius 3 is 2.56 bits per heavy atom. The molecule has 18 heavy (non-hydrogen) atoms. The molecule has 0 bridgehead atoms. The second-order valence-corrected chi connectivity index (χ2v) is 3.85. The molecule has 0 radical (unpaired) electrons. The first kappa shape index (κ1) is 12.9. The molecular weight excluding hydrogens is 251 g/mol. The fraction of sp³-hybridized carbons (Fsp3) is 0.556. The zero-order valence-corrected chi connectivity index (χ0v) is 9.01. The predicted molar refractivity (Wildman–Crippen MR) is 54.5 cm³/mol. The average Bonchev–Trinajstić information content (AvgIpc) is 2.64. The third-order valence-corrected chi connectivity index (χ3v) is 2.75. The molecule has 0 amide bonds. The Kier molecular flexibility index (Phi) is 3.30. The molecule has 1 aliphatic heterocycles. The van der Waals surface area contributed by atoms with Gasteiger partial charge in [-0.15, -0.1) is 0 Å². The molecule has 1 fully saturated rings. The van der Waals surface area contributed by atoms with Crippen molar-refractivity contribution in [2.75, 3.05) is 6.61 Å². The van der Waals surface area contributed by atoms with E-state index in [4.69, 9.17) is 9.84 Å². The minimum absolute atomic E-state index is 0.571. The van der Waals surface area contributed by atoms with Crippen LogP contribution in [0.4, 0.5) is 4.48 Å². The lowest BCUT2D eigenvalue weighted by molar-refractivity contribution is -0.0565. The summed E-state index contributed by atoms with van der Waals surface area (Å²) in [6.07, 6.45) is -4.44. The summed E-state index contributed by atoms with van der Waals surface area (Å²) in [5.74, 6) is 0. The number of nitrogens with zero attached hydrogens (tertiary/aromatic N) is 2. The molecule has 1 saturated heterocycles. The number of rotatable bonds is 2. The van der Waals surface area contributed by atoms with Crippen molar-refractivity contribution in [1.82, 2.24) is 9.36 Å². The minimum atomic E-state index is -1.52. The van der Waals surface area contributed by atoms with Crippen molar-refractivity contribution in [1.29, 1.82) is 0 Å². The number of aliphatic hydroxyl groups is 3. The Bertz CT molecular complexity index is 555. The van der Waals surface area contributed by atoms with E-state index in [1.54, 1.807) is 0 Å². The molecule has 9 heteroatoms. The fourth-order valence-electron chi connectivity index (χ4n) is 1.77. The van der Waals surface area contributed by atoms with Crippen molar-refractivity contribution in [2.45, 2.75) is 24.5 Å². The molecule has 0 aromatic carbocycles. The SMILES string of the molecule is O=c1ccn([C@H]2O[C@@H](CO)C(O)C2O)c(=O)n1F. The van der Waals surface area contributed by atoms with E-state index in [9.17, 15) is 24.3 Å². The lowest BCUT2D eigenvalue weighted by atomic mass is 10.1. The summed E-state index contributed by atoms with van der Waals surface area (Å²) < 4.78 is 18.7. The highest BCUT2D eigenvalue weighted by molar-refractivity contribution is 4.93. The second kappa shape index (κ2) is 4.61. The maximum absolute atomic E-state index is 13.1. The molecule has 0 saturated carbocycles. The summed E-state index contributed by atoms with van der Waals surface area (Å²) in [5, 5.41) is 28.0. The van der Waals surface area contributed by atoms with Gasteiger partial charge >= 0.3 is 5.69 Å². The van der Waals surface area contributed by atoms with Crippen LogP contribution in [0, 0.1) is 0 Å². The highest BCUT2D eigenvalue weighted by atomic mass is 19.2. The van der Waals surface area contributed by atoms with E-state index in [-0.39, 0.29) is 0 Å². The quantitative estimate of drug-likeness (QED) is 0.536. The summed E-state index contributed by atoms with van der Waals surface area (Å²) in [5.41, 5.74) is -2.49. The number of ether oxygens (including phenoxy) is 1. The van der Waals surface area contributed by atoms with Crippen molar-refractivity contribution in [3.63, 3.8) is 0 Å². The smallest absolute Gasteiger partial charge is 0.362 e. The zero-order chi connectivity index (χ0) is 13.4. The van der Waals surface area contributed by atoms with Crippen LogP contribution in [0.2, 0.25) is 0 Å². The van der Waals surface area contributed by atoms with E-state index in [0.29, 0.717) is 4.57 Å². The molecule has 0 spiro atoms. The Hall–Kier alpha value is -1.55. The maximum atomic E-state index is 13.1. The van der Waals surface area contributed by atoms with Crippen LogP contribution in [-0.2, 0) is 4.74 Å². The van der Waals surface area contributed by atoms with Crippen molar-refractivity contribution < 1.29 is 24.5 Å². The Labute approximate surface area is 99.0 Å². The predicted octanol–water partition coefficient (Wildman–Crippen LogP) is -2.65. The van der Waals surface area contributed by atoms with Crippen LogP contribution in [0.3, 0.4) is 0 Å². The first-order chi connectivity index (χ1) is 8.47. The highest BCUT2D eigenvalue weighted by Gasteiger charge is 2.43. The molecule has 1 aromatic heterocycles. The molecule has 8 nitrogen and oxygen atoms in total. The summed E-state index contributed by atoms with van der Waals surface area (Å²) in [7, 11) is 0. The van der Waals surface area contributed by atoms with Crippen molar-refractivity contribution in [3.05, 3.63) is 33.1 Å². The molecule has 100 valence electrons. The van der Waals surface area contributed by atoms with Crippen LogP contribution in [0.5, 0.6) is 0 Å². The average molecular weight is 262 g/mol. The van der Waals surface area contributed by atoms with Crippen molar-refractivity contribution in [2.24, 2.45) is 0 Å². The van der Waals surface area contributed by atoms with E-state index in [2.05, 4.69) is 0 Å². The molecule has 3 N–H and O–H groups in total. The number of halogens is 1. The van der Waals surface area contributed by atoms with Crippen LogP contribution in [0.25, 0.3) is 0 Å². The lowest BCUT2D eigenvalue weighted by Gasteiger charge is -2.16. The Morgan fingerprint density at radius 2 is 2.00 bits per heavy atom. The number of aliphatic hydroxyl groups excluding tert-OH is 3. The van der Waals surface area contributed by atoms with Crippen LogP contribution < -0.4 is 11.2 Å². The molecular formula is C9H11FN2O6. The van der Waals surface area contributed by atoms with Gasteiger partial charge in [0, 0.05) is 12.3 Å². The van der Waals surface area contributed by atoms with Crippen molar-refractivity contribution >= 4 is 0 Å². The zero-order valence-electron chi connectivity index (χ0n) is 9.01.